The van der Waals surface area contributed by atoms with Crippen molar-refractivity contribution in [2.45, 2.75) is 40.5 Å². The predicted molar refractivity (Wildman–Crippen MR) is 81.3 cm³/mol. The molecule has 0 spiro atoms. The minimum absolute atomic E-state index is 0.211. The summed E-state index contributed by atoms with van der Waals surface area (Å²) in [5, 5.41) is 2.84. The first kappa shape index (κ1) is 17.1. The van der Waals surface area contributed by atoms with Gasteiger partial charge in [0.2, 0.25) is 0 Å². The number of carbonyl (C=O) groups is 2. The zero-order chi connectivity index (χ0) is 15.8. The smallest absolute Gasteiger partial charge is 0.339 e. The summed E-state index contributed by atoms with van der Waals surface area (Å²) in [6.45, 7) is 8.71. The molecule has 0 aliphatic rings. The van der Waals surface area contributed by atoms with Gasteiger partial charge in [0.15, 0.2) is 0 Å². The molecule has 0 aliphatic heterocycles. The van der Waals surface area contributed by atoms with Crippen LogP contribution in [-0.4, -0.2) is 30.0 Å². The summed E-state index contributed by atoms with van der Waals surface area (Å²) in [6, 6.07) is 3.14. The summed E-state index contributed by atoms with van der Waals surface area (Å²) >= 11 is 0. The van der Waals surface area contributed by atoms with Crippen molar-refractivity contribution in [2.24, 2.45) is 5.92 Å². The van der Waals surface area contributed by atoms with Crippen LogP contribution in [0.25, 0.3) is 0 Å². The van der Waals surface area contributed by atoms with Crippen molar-refractivity contribution in [1.82, 2.24) is 10.3 Å². The Balaban J connectivity index is 2.62. The molecule has 0 saturated carbocycles. The number of hydrogen-bond acceptors (Lipinski definition) is 4. The molecule has 5 heteroatoms. The maximum absolute atomic E-state index is 12.0. The second kappa shape index (κ2) is 8.39. The third kappa shape index (κ3) is 5.53. The fourth-order valence-electron chi connectivity index (χ4n) is 1.91. The predicted octanol–water partition coefficient (Wildman–Crippen LogP) is 2.73. The number of pyridine rings is 1. The Morgan fingerprint density at radius 3 is 2.62 bits per heavy atom. The number of nitrogens with zero attached hydrogens (tertiary/aromatic N) is 1. The minimum atomic E-state index is -0.411. The first-order valence-corrected chi connectivity index (χ1v) is 7.38. The van der Waals surface area contributed by atoms with Crippen molar-refractivity contribution in [3.8, 4) is 0 Å². The monoisotopic (exact) mass is 292 g/mol. The van der Waals surface area contributed by atoms with Crippen molar-refractivity contribution >= 4 is 11.9 Å². The number of amides is 1. The van der Waals surface area contributed by atoms with Gasteiger partial charge in [0.25, 0.3) is 5.91 Å². The molecule has 1 N–H and O–H groups in total. The topological polar surface area (TPSA) is 68.3 Å². The molecule has 1 rings (SSSR count). The fourth-order valence-corrected chi connectivity index (χ4v) is 1.91. The zero-order valence-electron chi connectivity index (χ0n) is 13.2. The van der Waals surface area contributed by atoms with Gasteiger partial charge in [-0.3, -0.25) is 4.79 Å². The number of carbonyl (C=O) groups excluding carboxylic acids is 2. The molecule has 1 amide bonds. The van der Waals surface area contributed by atoms with E-state index in [1.165, 1.54) is 0 Å². The van der Waals surface area contributed by atoms with Gasteiger partial charge in [-0.1, -0.05) is 13.8 Å². The highest BCUT2D eigenvalue weighted by Gasteiger charge is 2.14. The van der Waals surface area contributed by atoms with E-state index in [1.54, 1.807) is 26.0 Å². The van der Waals surface area contributed by atoms with Gasteiger partial charge in [-0.25, -0.2) is 9.78 Å². The Kier molecular flexibility index (Phi) is 6.85. The molecule has 21 heavy (non-hydrogen) atoms. The van der Waals surface area contributed by atoms with Gasteiger partial charge in [0.05, 0.1) is 17.9 Å². The summed E-state index contributed by atoms with van der Waals surface area (Å²) < 4.78 is 4.93. The fraction of sp³-hybridized carbons (Fsp3) is 0.562. The molecular weight excluding hydrogens is 268 g/mol. The quantitative estimate of drug-likeness (QED) is 0.620. The first-order chi connectivity index (χ1) is 9.95. The van der Waals surface area contributed by atoms with Gasteiger partial charge in [0, 0.05) is 6.54 Å². The summed E-state index contributed by atoms with van der Waals surface area (Å²) in [5.74, 6) is 0.00906. The molecule has 0 radical (unpaired) electrons. The standard InChI is InChI=1S/C16H24N2O3/c1-5-21-16(20)13-8-9-14(18-12(13)4)15(19)17-10-6-7-11(2)3/h8-9,11H,5-7,10H2,1-4H3,(H,17,19). The van der Waals surface area contributed by atoms with Crippen LogP contribution in [0.1, 0.15) is 60.2 Å². The molecule has 0 saturated heterocycles. The maximum atomic E-state index is 12.0. The lowest BCUT2D eigenvalue weighted by Gasteiger charge is -2.08. The van der Waals surface area contributed by atoms with Crippen molar-refractivity contribution in [2.75, 3.05) is 13.2 Å². The van der Waals surface area contributed by atoms with Gasteiger partial charge in [0.1, 0.15) is 5.69 Å². The van der Waals surface area contributed by atoms with Gasteiger partial charge < -0.3 is 10.1 Å². The molecule has 1 aromatic rings. The van der Waals surface area contributed by atoms with E-state index in [9.17, 15) is 9.59 Å². The summed E-state index contributed by atoms with van der Waals surface area (Å²) in [6.07, 6.45) is 2.03. The molecule has 0 unspecified atom stereocenters. The lowest BCUT2D eigenvalue weighted by molar-refractivity contribution is 0.0524. The number of nitrogens with one attached hydrogen (secondary N) is 1. The summed E-state index contributed by atoms with van der Waals surface area (Å²) in [7, 11) is 0. The molecule has 0 aromatic carbocycles. The molecule has 0 aliphatic carbocycles. The third-order valence-electron chi connectivity index (χ3n) is 3.06. The Morgan fingerprint density at radius 2 is 2.05 bits per heavy atom. The lowest BCUT2D eigenvalue weighted by Crippen LogP contribution is -2.26. The van der Waals surface area contributed by atoms with E-state index < -0.39 is 5.97 Å². The van der Waals surface area contributed by atoms with E-state index >= 15 is 0 Å². The van der Waals surface area contributed by atoms with E-state index in [0.717, 1.165) is 12.8 Å². The molecule has 0 bridgehead atoms. The van der Waals surface area contributed by atoms with Crippen LogP contribution in [0.5, 0.6) is 0 Å². The van der Waals surface area contributed by atoms with E-state index in [2.05, 4.69) is 24.1 Å². The molecule has 5 nitrogen and oxygen atoms in total. The van der Waals surface area contributed by atoms with E-state index in [1.807, 2.05) is 0 Å². The second-order valence-electron chi connectivity index (χ2n) is 5.34. The number of aromatic nitrogens is 1. The number of ether oxygens (including phenoxy) is 1. The highest BCUT2D eigenvalue weighted by atomic mass is 16.5. The SMILES string of the molecule is CCOC(=O)c1ccc(C(=O)NCCCC(C)C)nc1C. The van der Waals surface area contributed by atoms with E-state index in [0.29, 0.717) is 36.0 Å². The molecule has 0 atom stereocenters. The number of hydrogen-bond donors (Lipinski definition) is 1. The van der Waals surface area contributed by atoms with E-state index in [-0.39, 0.29) is 5.91 Å². The molecular formula is C16H24N2O3. The van der Waals surface area contributed by atoms with Crippen molar-refractivity contribution in [1.29, 1.82) is 0 Å². The maximum Gasteiger partial charge on any atom is 0.339 e. The Labute approximate surface area is 126 Å². The highest BCUT2D eigenvalue weighted by molar-refractivity contribution is 5.94. The van der Waals surface area contributed by atoms with Crippen molar-refractivity contribution in [3.05, 3.63) is 29.1 Å². The van der Waals surface area contributed by atoms with E-state index in [4.69, 9.17) is 4.74 Å². The van der Waals surface area contributed by atoms with Crippen molar-refractivity contribution in [3.63, 3.8) is 0 Å². The largest absolute Gasteiger partial charge is 0.462 e. The van der Waals surface area contributed by atoms with Gasteiger partial charge in [-0.15, -0.1) is 0 Å². The number of aryl methyl sites for hydroxylation is 1. The Morgan fingerprint density at radius 1 is 1.33 bits per heavy atom. The van der Waals surface area contributed by atoms with Crippen LogP contribution in [0.2, 0.25) is 0 Å². The Bertz CT molecular complexity index is 498. The minimum Gasteiger partial charge on any atom is -0.462 e. The van der Waals surface area contributed by atoms with Gasteiger partial charge in [-0.2, -0.15) is 0 Å². The van der Waals surface area contributed by atoms with Crippen LogP contribution in [0.4, 0.5) is 0 Å². The molecule has 0 fully saturated rings. The first-order valence-electron chi connectivity index (χ1n) is 7.38. The summed E-state index contributed by atoms with van der Waals surface area (Å²) in [5.41, 5.74) is 1.22. The normalized spacial score (nSPS) is 10.5. The summed E-state index contributed by atoms with van der Waals surface area (Å²) in [4.78, 5) is 27.8. The van der Waals surface area contributed by atoms with Crippen LogP contribution in [0, 0.1) is 12.8 Å². The number of rotatable bonds is 7. The average molecular weight is 292 g/mol. The van der Waals surface area contributed by atoms with Crippen LogP contribution >= 0.6 is 0 Å². The second-order valence-corrected chi connectivity index (χ2v) is 5.34. The molecule has 1 aromatic heterocycles. The lowest BCUT2D eigenvalue weighted by atomic mass is 10.1. The highest BCUT2D eigenvalue weighted by Crippen LogP contribution is 2.09. The van der Waals surface area contributed by atoms with Gasteiger partial charge in [-0.05, 0) is 44.7 Å². The van der Waals surface area contributed by atoms with Crippen LogP contribution in [-0.2, 0) is 4.74 Å². The van der Waals surface area contributed by atoms with Crippen molar-refractivity contribution < 1.29 is 14.3 Å². The van der Waals surface area contributed by atoms with Crippen LogP contribution < -0.4 is 5.32 Å². The van der Waals surface area contributed by atoms with Gasteiger partial charge >= 0.3 is 5.97 Å². The molecule has 1 heterocycles. The third-order valence-corrected chi connectivity index (χ3v) is 3.06. The number of esters is 1. The molecule has 116 valence electrons. The Hall–Kier alpha value is -1.91. The van der Waals surface area contributed by atoms with Crippen LogP contribution in [0.3, 0.4) is 0 Å². The zero-order valence-corrected chi connectivity index (χ0v) is 13.2. The average Bonchev–Trinajstić information content (AvgIpc) is 2.43. The van der Waals surface area contributed by atoms with Crippen LogP contribution in [0.15, 0.2) is 12.1 Å².